The molecule has 0 heterocycles. The normalized spacial score (nSPS) is 11.9. The Bertz CT molecular complexity index is 386. The standard InChI is InChI=1S/C13H17BrF3N/c1-3-9(4-2)8-18-12-7-10(14)5-6-11(12)13(15,16)17/h5-7,9,18H,3-4,8H2,1-2H3. The van der Waals surface area contributed by atoms with Crippen LogP contribution in [0.25, 0.3) is 0 Å². The number of hydrogen-bond donors (Lipinski definition) is 1. The van der Waals surface area contributed by atoms with Crippen LogP contribution in [-0.2, 0) is 6.18 Å². The van der Waals surface area contributed by atoms with Crippen molar-refractivity contribution in [1.29, 1.82) is 0 Å². The molecule has 0 bridgehead atoms. The number of alkyl halides is 3. The molecule has 5 heteroatoms. The van der Waals surface area contributed by atoms with Gasteiger partial charge in [-0.05, 0) is 24.1 Å². The summed E-state index contributed by atoms with van der Waals surface area (Å²) in [4.78, 5) is 0. The fraction of sp³-hybridized carbons (Fsp3) is 0.538. The van der Waals surface area contributed by atoms with E-state index in [0.29, 0.717) is 16.9 Å². The van der Waals surface area contributed by atoms with Gasteiger partial charge in [-0.2, -0.15) is 13.2 Å². The lowest BCUT2D eigenvalue weighted by molar-refractivity contribution is -0.137. The molecule has 0 spiro atoms. The van der Waals surface area contributed by atoms with Crippen LogP contribution >= 0.6 is 15.9 Å². The topological polar surface area (TPSA) is 12.0 Å². The van der Waals surface area contributed by atoms with Crippen LogP contribution in [0.3, 0.4) is 0 Å². The third-order valence-corrected chi connectivity index (χ3v) is 3.52. The lowest BCUT2D eigenvalue weighted by Gasteiger charge is -2.18. The van der Waals surface area contributed by atoms with E-state index in [0.717, 1.165) is 18.9 Å². The SMILES string of the molecule is CCC(CC)CNc1cc(Br)ccc1C(F)(F)F. The fourth-order valence-electron chi connectivity index (χ4n) is 1.74. The maximum absolute atomic E-state index is 12.8. The van der Waals surface area contributed by atoms with Gasteiger partial charge in [-0.3, -0.25) is 0 Å². The predicted octanol–water partition coefficient (Wildman–Crippen LogP) is 5.32. The maximum Gasteiger partial charge on any atom is 0.418 e. The highest BCUT2D eigenvalue weighted by Crippen LogP contribution is 2.36. The number of benzene rings is 1. The first-order valence-electron chi connectivity index (χ1n) is 5.99. The van der Waals surface area contributed by atoms with Gasteiger partial charge in [-0.15, -0.1) is 0 Å². The second kappa shape index (κ2) is 6.45. The summed E-state index contributed by atoms with van der Waals surface area (Å²) in [6.45, 7) is 4.65. The summed E-state index contributed by atoms with van der Waals surface area (Å²) in [6.07, 6.45) is -2.41. The van der Waals surface area contributed by atoms with E-state index in [2.05, 4.69) is 21.2 Å². The van der Waals surface area contributed by atoms with E-state index < -0.39 is 11.7 Å². The second-order valence-corrected chi connectivity index (χ2v) is 5.17. The molecule has 0 unspecified atom stereocenters. The monoisotopic (exact) mass is 323 g/mol. The van der Waals surface area contributed by atoms with Gasteiger partial charge in [-0.25, -0.2) is 0 Å². The summed E-state index contributed by atoms with van der Waals surface area (Å²) in [6, 6.07) is 3.98. The Labute approximate surface area is 114 Å². The zero-order valence-electron chi connectivity index (χ0n) is 10.4. The Morgan fingerprint density at radius 3 is 2.33 bits per heavy atom. The quantitative estimate of drug-likeness (QED) is 0.773. The molecule has 1 aromatic rings. The molecule has 1 aromatic carbocycles. The van der Waals surface area contributed by atoms with E-state index in [1.807, 2.05) is 13.8 Å². The van der Waals surface area contributed by atoms with Crippen molar-refractivity contribution in [3.8, 4) is 0 Å². The number of nitrogens with one attached hydrogen (secondary N) is 1. The van der Waals surface area contributed by atoms with Crippen LogP contribution in [0.15, 0.2) is 22.7 Å². The number of rotatable bonds is 5. The minimum absolute atomic E-state index is 0.142. The van der Waals surface area contributed by atoms with Crippen LogP contribution in [0.1, 0.15) is 32.3 Å². The van der Waals surface area contributed by atoms with Crippen LogP contribution in [-0.4, -0.2) is 6.54 Å². The summed E-state index contributed by atoms with van der Waals surface area (Å²) < 4.78 is 39.1. The van der Waals surface area contributed by atoms with Gasteiger partial charge in [0.2, 0.25) is 0 Å². The van der Waals surface area contributed by atoms with Crippen molar-refractivity contribution in [2.24, 2.45) is 5.92 Å². The average molecular weight is 324 g/mol. The van der Waals surface area contributed by atoms with E-state index in [1.54, 1.807) is 0 Å². The van der Waals surface area contributed by atoms with Gasteiger partial charge < -0.3 is 5.32 Å². The van der Waals surface area contributed by atoms with Crippen molar-refractivity contribution in [2.45, 2.75) is 32.9 Å². The van der Waals surface area contributed by atoms with Crippen molar-refractivity contribution < 1.29 is 13.2 Å². The smallest absolute Gasteiger partial charge is 0.384 e. The molecule has 0 atom stereocenters. The Balaban J connectivity index is 2.89. The molecule has 0 aromatic heterocycles. The maximum atomic E-state index is 12.8. The molecule has 0 saturated carbocycles. The Kier molecular flexibility index (Phi) is 5.50. The average Bonchev–Trinajstić information content (AvgIpc) is 2.28. The molecule has 0 radical (unpaired) electrons. The molecule has 0 aliphatic rings. The number of halogens is 4. The Hall–Kier alpha value is -0.710. The molecule has 1 rings (SSSR count). The highest BCUT2D eigenvalue weighted by atomic mass is 79.9. The van der Waals surface area contributed by atoms with Crippen molar-refractivity contribution in [2.75, 3.05) is 11.9 Å². The van der Waals surface area contributed by atoms with Gasteiger partial charge in [0.05, 0.1) is 5.56 Å². The first kappa shape index (κ1) is 15.3. The van der Waals surface area contributed by atoms with E-state index in [4.69, 9.17) is 0 Å². The first-order valence-corrected chi connectivity index (χ1v) is 6.78. The van der Waals surface area contributed by atoms with Crippen molar-refractivity contribution in [3.05, 3.63) is 28.2 Å². The summed E-state index contributed by atoms with van der Waals surface area (Å²) in [5.74, 6) is 0.394. The zero-order chi connectivity index (χ0) is 13.8. The van der Waals surface area contributed by atoms with Gasteiger partial charge in [0.1, 0.15) is 0 Å². The molecule has 1 nitrogen and oxygen atoms in total. The molecule has 1 N–H and O–H groups in total. The van der Waals surface area contributed by atoms with Crippen LogP contribution < -0.4 is 5.32 Å². The molecule has 0 aliphatic carbocycles. The number of hydrogen-bond acceptors (Lipinski definition) is 1. The van der Waals surface area contributed by atoms with E-state index in [-0.39, 0.29) is 5.69 Å². The van der Waals surface area contributed by atoms with Crippen LogP contribution in [0, 0.1) is 5.92 Å². The van der Waals surface area contributed by atoms with Crippen LogP contribution in [0.5, 0.6) is 0 Å². The van der Waals surface area contributed by atoms with E-state index >= 15 is 0 Å². The highest BCUT2D eigenvalue weighted by Gasteiger charge is 2.33. The lowest BCUT2D eigenvalue weighted by atomic mass is 10.0. The largest absolute Gasteiger partial charge is 0.418 e. The Morgan fingerprint density at radius 1 is 1.22 bits per heavy atom. The van der Waals surface area contributed by atoms with Gasteiger partial charge in [0, 0.05) is 16.7 Å². The van der Waals surface area contributed by atoms with E-state index in [9.17, 15) is 13.2 Å². The van der Waals surface area contributed by atoms with Crippen LogP contribution in [0.2, 0.25) is 0 Å². The molecular weight excluding hydrogens is 307 g/mol. The van der Waals surface area contributed by atoms with Crippen molar-refractivity contribution >= 4 is 21.6 Å². The van der Waals surface area contributed by atoms with Gasteiger partial charge >= 0.3 is 6.18 Å². The lowest BCUT2D eigenvalue weighted by Crippen LogP contribution is -2.16. The molecule has 0 aliphatic heterocycles. The van der Waals surface area contributed by atoms with Crippen molar-refractivity contribution in [1.82, 2.24) is 0 Å². The highest BCUT2D eigenvalue weighted by molar-refractivity contribution is 9.10. The summed E-state index contributed by atoms with van der Waals surface area (Å²) in [5.41, 5.74) is -0.472. The predicted molar refractivity (Wildman–Crippen MR) is 71.7 cm³/mol. The molecule has 0 amide bonds. The van der Waals surface area contributed by atoms with Crippen molar-refractivity contribution in [3.63, 3.8) is 0 Å². The third-order valence-electron chi connectivity index (χ3n) is 3.02. The molecule has 0 saturated heterocycles. The van der Waals surface area contributed by atoms with Gasteiger partial charge in [0.15, 0.2) is 0 Å². The minimum Gasteiger partial charge on any atom is -0.384 e. The molecule has 102 valence electrons. The second-order valence-electron chi connectivity index (χ2n) is 4.25. The van der Waals surface area contributed by atoms with Gasteiger partial charge in [-0.1, -0.05) is 42.6 Å². The summed E-state index contributed by atoms with van der Waals surface area (Å²) in [7, 11) is 0. The van der Waals surface area contributed by atoms with Crippen LogP contribution in [0.4, 0.5) is 18.9 Å². The first-order chi connectivity index (χ1) is 8.38. The third kappa shape index (κ3) is 4.19. The molecule has 18 heavy (non-hydrogen) atoms. The summed E-state index contributed by atoms with van der Waals surface area (Å²) >= 11 is 3.20. The zero-order valence-corrected chi connectivity index (χ0v) is 12.0. The molecular formula is C13H17BrF3N. The Morgan fingerprint density at radius 2 is 1.83 bits per heavy atom. The number of anilines is 1. The van der Waals surface area contributed by atoms with E-state index in [1.165, 1.54) is 12.1 Å². The summed E-state index contributed by atoms with van der Waals surface area (Å²) in [5, 5.41) is 2.91. The van der Waals surface area contributed by atoms with Gasteiger partial charge in [0.25, 0.3) is 0 Å². The molecule has 0 fully saturated rings. The fourth-order valence-corrected chi connectivity index (χ4v) is 2.10. The minimum atomic E-state index is -4.32.